The van der Waals surface area contributed by atoms with Crippen LogP contribution in [0.1, 0.15) is 23.1 Å². The van der Waals surface area contributed by atoms with Gasteiger partial charge in [0.1, 0.15) is 12.0 Å². The molecule has 0 saturated heterocycles. The minimum Gasteiger partial charge on any atom is -0.444 e. The maximum atomic E-state index is 5.59. The highest BCUT2D eigenvalue weighted by Gasteiger charge is 2.07. The Morgan fingerprint density at radius 3 is 2.70 bits per heavy atom. The van der Waals surface area contributed by atoms with Crippen LogP contribution in [0.3, 0.4) is 0 Å². The summed E-state index contributed by atoms with van der Waals surface area (Å²) in [6.45, 7) is 6.26. The third-order valence-electron chi connectivity index (χ3n) is 3.84. The average Bonchev–Trinajstić information content (AvgIpc) is 3.32. The lowest BCUT2D eigenvalue weighted by molar-refractivity contribution is 0.572. The van der Waals surface area contributed by atoms with Crippen molar-refractivity contribution in [2.75, 3.05) is 13.1 Å². The van der Waals surface area contributed by atoms with Crippen LogP contribution in [0.25, 0.3) is 11.5 Å². The number of hydrogen-bond acceptors (Lipinski definition) is 4. The normalized spacial score (nSPS) is 11.1. The van der Waals surface area contributed by atoms with Crippen molar-refractivity contribution in [3.8, 4) is 11.5 Å². The number of oxazole rings is 1. The molecule has 0 radical (unpaired) electrons. The van der Waals surface area contributed by atoms with E-state index in [0.29, 0.717) is 12.4 Å². The highest BCUT2D eigenvalue weighted by atomic mass is 127. The van der Waals surface area contributed by atoms with Crippen molar-refractivity contribution in [1.82, 2.24) is 15.6 Å². The van der Waals surface area contributed by atoms with Crippen LogP contribution in [0.5, 0.6) is 0 Å². The van der Waals surface area contributed by atoms with Gasteiger partial charge in [0, 0.05) is 23.5 Å². The summed E-state index contributed by atoms with van der Waals surface area (Å²) in [5.41, 5.74) is 3.01. The van der Waals surface area contributed by atoms with E-state index in [1.807, 2.05) is 12.1 Å². The van der Waals surface area contributed by atoms with Gasteiger partial charge in [-0.3, -0.25) is 0 Å². The largest absolute Gasteiger partial charge is 0.444 e. The number of nitrogens with one attached hydrogen (secondary N) is 2. The molecular formula is C20H25IN4OS. The molecule has 3 rings (SSSR count). The van der Waals surface area contributed by atoms with Crippen molar-refractivity contribution < 1.29 is 4.42 Å². The molecule has 7 heteroatoms. The molecule has 0 aliphatic rings. The van der Waals surface area contributed by atoms with Crippen molar-refractivity contribution in [3.05, 3.63) is 64.2 Å². The van der Waals surface area contributed by atoms with Gasteiger partial charge < -0.3 is 15.1 Å². The first kappa shape index (κ1) is 21.4. The van der Waals surface area contributed by atoms with Crippen LogP contribution in [-0.4, -0.2) is 24.0 Å². The zero-order valence-electron chi connectivity index (χ0n) is 15.6. The lowest BCUT2D eigenvalue weighted by Crippen LogP contribution is -2.38. The number of thiophene rings is 1. The summed E-state index contributed by atoms with van der Waals surface area (Å²) in [6, 6.07) is 12.4. The summed E-state index contributed by atoms with van der Waals surface area (Å²) in [7, 11) is 0. The van der Waals surface area contributed by atoms with Gasteiger partial charge in [0.25, 0.3) is 0 Å². The lowest BCUT2D eigenvalue weighted by atomic mass is 10.1. The number of hydrogen-bond donors (Lipinski definition) is 2. The van der Waals surface area contributed by atoms with E-state index in [1.54, 1.807) is 17.6 Å². The number of aromatic nitrogens is 1. The Hall–Kier alpha value is -1.87. The Morgan fingerprint density at radius 1 is 1.19 bits per heavy atom. The second kappa shape index (κ2) is 11.1. The van der Waals surface area contributed by atoms with Gasteiger partial charge in [-0.1, -0.05) is 23.8 Å². The molecule has 0 saturated carbocycles. The van der Waals surface area contributed by atoms with Crippen molar-refractivity contribution in [1.29, 1.82) is 0 Å². The van der Waals surface area contributed by atoms with Crippen LogP contribution < -0.4 is 10.6 Å². The smallest absolute Gasteiger partial charge is 0.226 e. The van der Waals surface area contributed by atoms with Crippen LogP contribution in [0.15, 0.2) is 57.5 Å². The Labute approximate surface area is 181 Å². The maximum absolute atomic E-state index is 5.59. The van der Waals surface area contributed by atoms with Crippen LogP contribution >= 0.6 is 35.3 Å². The first-order chi connectivity index (χ1) is 12.7. The topological polar surface area (TPSA) is 62.5 Å². The third-order valence-corrected chi connectivity index (χ3v) is 4.77. The van der Waals surface area contributed by atoms with Gasteiger partial charge in [-0.2, -0.15) is 0 Å². The SMILES string of the molecule is CCNC(=NCc1coc(-c2ccc(C)cc2)n1)NCCc1cccs1.I. The number of guanidine groups is 1. The molecule has 0 aliphatic carbocycles. The number of nitrogens with zero attached hydrogens (tertiary/aromatic N) is 2. The Morgan fingerprint density at radius 2 is 2.00 bits per heavy atom. The van der Waals surface area contributed by atoms with E-state index in [1.165, 1.54) is 10.4 Å². The summed E-state index contributed by atoms with van der Waals surface area (Å²) in [6.07, 6.45) is 2.66. The first-order valence-electron chi connectivity index (χ1n) is 8.80. The van der Waals surface area contributed by atoms with Crippen molar-refractivity contribution in [3.63, 3.8) is 0 Å². The van der Waals surface area contributed by atoms with Gasteiger partial charge in [0.2, 0.25) is 5.89 Å². The molecule has 0 atom stereocenters. The fourth-order valence-electron chi connectivity index (χ4n) is 2.47. The third kappa shape index (κ3) is 6.66. The Balaban J connectivity index is 0.00000261. The van der Waals surface area contributed by atoms with E-state index in [-0.39, 0.29) is 24.0 Å². The molecule has 3 aromatic rings. The quantitative estimate of drug-likeness (QED) is 0.285. The van der Waals surface area contributed by atoms with Gasteiger partial charge in [-0.05, 0) is 43.8 Å². The van der Waals surface area contributed by atoms with Crippen molar-refractivity contribution >= 4 is 41.3 Å². The molecule has 0 bridgehead atoms. The fraction of sp³-hybridized carbons (Fsp3) is 0.300. The molecule has 0 unspecified atom stereocenters. The van der Waals surface area contributed by atoms with Crippen molar-refractivity contribution in [2.45, 2.75) is 26.8 Å². The number of benzene rings is 1. The highest BCUT2D eigenvalue weighted by Crippen LogP contribution is 2.19. The molecule has 27 heavy (non-hydrogen) atoms. The molecule has 0 amide bonds. The average molecular weight is 496 g/mol. The fourth-order valence-corrected chi connectivity index (χ4v) is 3.18. The summed E-state index contributed by atoms with van der Waals surface area (Å²) in [5.74, 6) is 1.43. The van der Waals surface area contributed by atoms with Crippen LogP contribution in [0.4, 0.5) is 0 Å². The summed E-state index contributed by atoms with van der Waals surface area (Å²) < 4.78 is 5.59. The van der Waals surface area contributed by atoms with Crippen molar-refractivity contribution in [2.24, 2.45) is 4.99 Å². The zero-order chi connectivity index (χ0) is 18.2. The first-order valence-corrected chi connectivity index (χ1v) is 9.68. The van der Waals surface area contributed by atoms with E-state index in [0.717, 1.165) is 36.7 Å². The van der Waals surface area contributed by atoms with E-state index in [9.17, 15) is 0 Å². The Bertz CT molecular complexity index is 828. The van der Waals surface area contributed by atoms with E-state index in [4.69, 9.17) is 4.42 Å². The van der Waals surface area contributed by atoms with Gasteiger partial charge in [-0.25, -0.2) is 9.98 Å². The summed E-state index contributed by atoms with van der Waals surface area (Å²) in [4.78, 5) is 10.5. The minimum absolute atomic E-state index is 0. The standard InChI is InChI=1S/C20H24N4OS.HI/c1-3-21-20(22-11-10-18-5-4-12-26-18)23-13-17-14-25-19(24-17)16-8-6-15(2)7-9-16;/h4-9,12,14H,3,10-11,13H2,1-2H3,(H2,21,22,23);1H. The molecular weight excluding hydrogens is 471 g/mol. The van der Waals surface area contributed by atoms with Gasteiger partial charge in [0.15, 0.2) is 5.96 Å². The number of aliphatic imine (C=N–C) groups is 1. The van der Waals surface area contributed by atoms with E-state index >= 15 is 0 Å². The maximum Gasteiger partial charge on any atom is 0.226 e. The predicted octanol–water partition coefficient (Wildman–Crippen LogP) is 4.63. The molecule has 2 aromatic heterocycles. The minimum atomic E-state index is 0. The molecule has 2 heterocycles. The number of rotatable bonds is 7. The highest BCUT2D eigenvalue weighted by molar-refractivity contribution is 14.0. The van der Waals surface area contributed by atoms with Gasteiger partial charge >= 0.3 is 0 Å². The second-order valence-corrected chi connectivity index (χ2v) is 6.99. The second-order valence-electron chi connectivity index (χ2n) is 5.96. The monoisotopic (exact) mass is 496 g/mol. The Kier molecular flexibility index (Phi) is 8.80. The van der Waals surface area contributed by atoms with E-state index in [2.05, 4.69) is 64.1 Å². The zero-order valence-corrected chi connectivity index (χ0v) is 18.7. The molecule has 0 aliphatic heterocycles. The summed E-state index contributed by atoms with van der Waals surface area (Å²) >= 11 is 1.78. The van der Waals surface area contributed by atoms with Gasteiger partial charge in [-0.15, -0.1) is 35.3 Å². The van der Waals surface area contributed by atoms with Gasteiger partial charge in [0.05, 0.1) is 6.54 Å². The predicted molar refractivity (Wildman–Crippen MR) is 123 cm³/mol. The molecule has 144 valence electrons. The molecule has 0 fully saturated rings. The lowest BCUT2D eigenvalue weighted by Gasteiger charge is -2.10. The molecule has 5 nitrogen and oxygen atoms in total. The molecule has 1 aromatic carbocycles. The molecule has 2 N–H and O–H groups in total. The number of halogens is 1. The van der Waals surface area contributed by atoms with E-state index < -0.39 is 0 Å². The molecule has 0 spiro atoms. The van der Waals surface area contributed by atoms with Crippen LogP contribution in [-0.2, 0) is 13.0 Å². The number of aryl methyl sites for hydroxylation is 1. The van der Waals surface area contributed by atoms with Crippen LogP contribution in [0, 0.1) is 6.92 Å². The van der Waals surface area contributed by atoms with Crippen LogP contribution in [0.2, 0.25) is 0 Å². The summed E-state index contributed by atoms with van der Waals surface area (Å²) in [5, 5.41) is 8.72.